The molecule has 0 N–H and O–H groups in total. The van der Waals surface area contributed by atoms with E-state index in [0.717, 1.165) is 0 Å². The summed E-state index contributed by atoms with van der Waals surface area (Å²) in [7, 11) is 0. The normalized spacial score (nSPS) is 11.4. The molecule has 4 heteroatoms. The minimum absolute atomic E-state index is 0.0248. The summed E-state index contributed by atoms with van der Waals surface area (Å²) in [5.41, 5.74) is -0.141. The molecule has 0 unspecified atom stereocenters. The van der Waals surface area contributed by atoms with Crippen molar-refractivity contribution in [2.45, 2.75) is 33.1 Å². The predicted molar refractivity (Wildman–Crippen MR) is 51.2 cm³/mol. The zero-order valence-electron chi connectivity index (χ0n) is 8.96. The smallest absolute Gasteiger partial charge is 0.394 e. The van der Waals surface area contributed by atoms with Gasteiger partial charge in [-0.05, 0) is 6.92 Å². The maximum Gasteiger partial charge on any atom is 0.394 e. The van der Waals surface area contributed by atoms with E-state index in [4.69, 9.17) is 9.15 Å². The molecule has 4 nitrogen and oxygen atoms in total. The Labute approximate surface area is 83.3 Å². The van der Waals surface area contributed by atoms with Gasteiger partial charge in [-0.25, -0.2) is 9.78 Å². The van der Waals surface area contributed by atoms with Gasteiger partial charge in [-0.3, -0.25) is 0 Å². The van der Waals surface area contributed by atoms with Gasteiger partial charge in [0.05, 0.1) is 12.8 Å². The number of ether oxygens (including phenoxy) is 1. The fourth-order valence-electron chi connectivity index (χ4n) is 0.908. The number of rotatable bonds is 2. The van der Waals surface area contributed by atoms with Gasteiger partial charge in [-0.1, -0.05) is 20.8 Å². The molecule has 1 aromatic heterocycles. The Balaban J connectivity index is 2.83. The van der Waals surface area contributed by atoms with Crippen LogP contribution in [0.15, 0.2) is 10.6 Å². The van der Waals surface area contributed by atoms with Crippen molar-refractivity contribution >= 4 is 5.97 Å². The Kier molecular flexibility index (Phi) is 2.93. The SMILES string of the molecule is CCOC(=O)c1ncc(C(C)(C)C)o1. The van der Waals surface area contributed by atoms with Crippen LogP contribution in [-0.2, 0) is 10.2 Å². The van der Waals surface area contributed by atoms with Crippen molar-refractivity contribution in [2.75, 3.05) is 6.61 Å². The lowest BCUT2D eigenvalue weighted by Gasteiger charge is -2.12. The summed E-state index contributed by atoms with van der Waals surface area (Å²) in [6.07, 6.45) is 1.56. The average molecular weight is 197 g/mol. The number of hydrogen-bond donors (Lipinski definition) is 0. The third-order valence-corrected chi connectivity index (χ3v) is 1.69. The minimum Gasteiger partial charge on any atom is -0.459 e. The van der Waals surface area contributed by atoms with Crippen molar-refractivity contribution in [3.8, 4) is 0 Å². The summed E-state index contributed by atoms with van der Waals surface area (Å²) < 4.78 is 10.0. The van der Waals surface area contributed by atoms with Gasteiger partial charge in [0.1, 0.15) is 5.76 Å². The molecule has 14 heavy (non-hydrogen) atoms. The van der Waals surface area contributed by atoms with E-state index in [1.165, 1.54) is 0 Å². The van der Waals surface area contributed by atoms with Crippen molar-refractivity contribution in [2.24, 2.45) is 0 Å². The van der Waals surface area contributed by atoms with Crippen LogP contribution in [0.1, 0.15) is 44.1 Å². The van der Waals surface area contributed by atoms with Crippen molar-refractivity contribution < 1.29 is 13.9 Å². The largest absolute Gasteiger partial charge is 0.459 e. The van der Waals surface area contributed by atoms with Crippen molar-refractivity contribution in [3.63, 3.8) is 0 Å². The van der Waals surface area contributed by atoms with Gasteiger partial charge in [-0.2, -0.15) is 0 Å². The van der Waals surface area contributed by atoms with Crippen LogP contribution < -0.4 is 0 Å². The topological polar surface area (TPSA) is 52.3 Å². The lowest BCUT2D eigenvalue weighted by molar-refractivity contribution is 0.0477. The molecule has 0 aliphatic rings. The first-order chi connectivity index (χ1) is 6.45. The van der Waals surface area contributed by atoms with Crippen LogP contribution in [0.4, 0.5) is 0 Å². The Hall–Kier alpha value is -1.32. The van der Waals surface area contributed by atoms with Crippen molar-refractivity contribution in [1.82, 2.24) is 4.98 Å². The lowest BCUT2D eigenvalue weighted by Crippen LogP contribution is -2.09. The molecule has 0 amide bonds. The quantitative estimate of drug-likeness (QED) is 0.681. The zero-order chi connectivity index (χ0) is 10.8. The molecule has 0 aliphatic carbocycles. The van der Waals surface area contributed by atoms with Crippen LogP contribution in [-0.4, -0.2) is 17.6 Å². The van der Waals surface area contributed by atoms with Crippen LogP contribution in [0, 0.1) is 0 Å². The van der Waals surface area contributed by atoms with E-state index in [1.54, 1.807) is 13.1 Å². The highest BCUT2D eigenvalue weighted by atomic mass is 16.5. The van der Waals surface area contributed by atoms with E-state index in [0.29, 0.717) is 12.4 Å². The maximum atomic E-state index is 11.2. The summed E-state index contributed by atoms with van der Waals surface area (Å²) in [6, 6.07) is 0. The Bertz CT molecular complexity index is 322. The van der Waals surface area contributed by atoms with E-state index >= 15 is 0 Å². The standard InChI is InChI=1S/C10H15NO3/c1-5-13-9(12)8-11-6-7(14-8)10(2,3)4/h6H,5H2,1-4H3. The second-order valence-electron chi connectivity index (χ2n) is 4.00. The summed E-state index contributed by atoms with van der Waals surface area (Å²) in [6.45, 7) is 8.03. The number of hydrogen-bond acceptors (Lipinski definition) is 4. The molecule has 0 atom stereocenters. The lowest BCUT2D eigenvalue weighted by atomic mass is 9.94. The van der Waals surface area contributed by atoms with E-state index in [2.05, 4.69) is 4.98 Å². The van der Waals surface area contributed by atoms with E-state index < -0.39 is 5.97 Å². The van der Waals surface area contributed by atoms with Gasteiger partial charge in [-0.15, -0.1) is 0 Å². The third-order valence-electron chi connectivity index (χ3n) is 1.69. The van der Waals surface area contributed by atoms with Crippen LogP contribution >= 0.6 is 0 Å². The molecule has 0 aromatic carbocycles. The molecule has 0 bridgehead atoms. The Morgan fingerprint density at radius 3 is 2.64 bits per heavy atom. The fraction of sp³-hybridized carbons (Fsp3) is 0.600. The fourth-order valence-corrected chi connectivity index (χ4v) is 0.908. The maximum absolute atomic E-state index is 11.2. The average Bonchev–Trinajstić information content (AvgIpc) is 2.51. The van der Waals surface area contributed by atoms with E-state index in [1.807, 2.05) is 20.8 Å². The number of nitrogens with zero attached hydrogens (tertiary/aromatic N) is 1. The van der Waals surface area contributed by atoms with Crippen LogP contribution in [0.25, 0.3) is 0 Å². The summed E-state index contributed by atoms with van der Waals surface area (Å²) >= 11 is 0. The first-order valence-electron chi connectivity index (χ1n) is 4.58. The molecular formula is C10H15NO3. The zero-order valence-corrected chi connectivity index (χ0v) is 8.96. The van der Waals surface area contributed by atoms with Crippen LogP contribution in [0.2, 0.25) is 0 Å². The highest BCUT2D eigenvalue weighted by Gasteiger charge is 2.22. The van der Waals surface area contributed by atoms with Gasteiger partial charge in [0.2, 0.25) is 0 Å². The molecule has 1 heterocycles. The van der Waals surface area contributed by atoms with Crippen molar-refractivity contribution in [1.29, 1.82) is 0 Å². The van der Waals surface area contributed by atoms with Gasteiger partial charge < -0.3 is 9.15 Å². The second kappa shape index (κ2) is 3.82. The predicted octanol–water partition coefficient (Wildman–Crippen LogP) is 2.15. The molecule has 0 saturated carbocycles. The summed E-state index contributed by atoms with van der Waals surface area (Å²) in [4.78, 5) is 15.1. The number of esters is 1. The van der Waals surface area contributed by atoms with Gasteiger partial charge >= 0.3 is 11.9 Å². The number of oxazole rings is 1. The molecule has 1 aromatic rings. The van der Waals surface area contributed by atoms with Gasteiger partial charge in [0, 0.05) is 5.41 Å². The second-order valence-corrected chi connectivity index (χ2v) is 4.00. The first-order valence-corrected chi connectivity index (χ1v) is 4.58. The van der Waals surface area contributed by atoms with E-state index in [9.17, 15) is 4.79 Å². The first kappa shape index (κ1) is 10.8. The molecule has 78 valence electrons. The number of carbonyl (C=O) groups excluding carboxylic acids is 1. The minimum atomic E-state index is -0.511. The molecule has 0 spiro atoms. The summed E-state index contributed by atoms with van der Waals surface area (Å²) in [5.74, 6) is 0.195. The van der Waals surface area contributed by atoms with Crippen LogP contribution in [0.3, 0.4) is 0 Å². The van der Waals surface area contributed by atoms with Crippen molar-refractivity contribution in [3.05, 3.63) is 17.8 Å². The highest BCUT2D eigenvalue weighted by Crippen LogP contribution is 2.22. The monoisotopic (exact) mass is 197 g/mol. The molecular weight excluding hydrogens is 182 g/mol. The molecule has 0 saturated heterocycles. The third kappa shape index (κ3) is 2.34. The number of aromatic nitrogens is 1. The molecule has 1 rings (SSSR count). The van der Waals surface area contributed by atoms with E-state index in [-0.39, 0.29) is 11.3 Å². The highest BCUT2D eigenvalue weighted by molar-refractivity contribution is 5.84. The Morgan fingerprint density at radius 1 is 1.57 bits per heavy atom. The molecule has 0 radical (unpaired) electrons. The Morgan fingerprint density at radius 2 is 2.21 bits per heavy atom. The molecule has 0 fully saturated rings. The van der Waals surface area contributed by atoms with Gasteiger partial charge in [0.25, 0.3) is 0 Å². The van der Waals surface area contributed by atoms with Crippen LogP contribution in [0.5, 0.6) is 0 Å². The van der Waals surface area contributed by atoms with Gasteiger partial charge in [0.15, 0.2) is 0 Å². The number of carbonyl (C=O) groups is 1. The summed E-state index contributed by atoms with van der Waals surface area (Å²) in [5, 5.41) is 0. The molecule has 0 aliphatic heterocycles.